The molecular weight excluding hydrogens is 160 g/mol. The van der Waals surface area contributed by atoms with E-state index in [4.69, 9.17) is 0 Å². The van der Waals surface area contributed by atoms with Crippen LogP contribution in [0.15, 0.2) is 0 Å². The molecule has 0 heterocycles. The lowest BCUT2D eigenvalue weighted by atomic mass is 9.89. The summed E-state index contributed by atoms with van der Waals surface area (Å²) in [6, 6.07) is 0. The molecule has 2 rings (SSSR count). The Labute approximate surface area is 71.4 Å². The maximum Gasteiger partial charge on any atom is 0.0448 e. The first kappa shape index (κ1) is 7.47. The molecule has 0 aliphatic heterocycles. The number of carboxylic acid groups (broad SMARTS) is 1. The second-order valence-electron chi connectivity index (χ2n) is 3.72. The van der Waals surface area contributed by atoms with E-state index in [1.165, 1.54) is 0 Å². The molecule has 0 aromatic rings. The number of hydrogen-bond acceptors (Lipinski definition) is 3. The minimum absolute atomic E-state index is 0.164. The number of thiol groups is 1. The molecule has 0 aromatic carbocycles. The lowest BCUT2D eigenvalue weighted by Crippen LogP contribution is -2.35. The lowest BCUT2D eigenvalue weighted by Gasteiger charge is -2.25. The van der Waals surface area contributed by atoms with Gasteiger partial charge < -0.3 is 9.90 Å². The summed E-state index contributed by atoms with van der Waals surface area (Å²) < 4.78 is 0. The van der Waals surface area contributed by atoms with E-state index < -0.39 is 5.97 Å². The summed E-state index contributed by atoms with van der Waals surface area (Å²) in [4.78, 5) is 10.6. The van der Waals surface area contributed by atoms with E-state index in [2.05, 4.69) is 12.6 Å². The SMILES string of the molecule is O=C([O-])C1CC2CC1CC2S. The van der Waals surface area contributed by atoms with Crippen LogP contribution in [0.1, 0.15) is 19.3 Å². The van der Waals surface area contributed by atoms with Crippen molar-refractivity contribution in [2.75, 3.05) is 0 Å². The van der Waals surface area contributed by atoms with Gasteiger partial charge in [0.1, 0.15) is 0 Å². The quantitative estimate of drug-likeness (QED) is 0.568. The number of fused-ring (bicyclic) bond motifs is 2. The van der Waals surface area contributed by atoms with Crippen molar-refractivity contribution < 1.29 is 9.90 Å². The Morgan fingerprint density at radius 3 is 2.36 bits per heavy atom. The van der Waals surface area contributed by atoms with E-state index in [0.717, 1.165) is 19.3 Å². The van der Waals surface area contributed by atoms with E-state index in [-0.39, 0.29) is 5.92 Å². The Bertz CT molecular complexity index is 191. The van der Waals surface area contributed by atoms with Crippen molar-refractivity contribution in [2.45, 2.75) is 24.5 Å². The zero-order valence-corrected chi connectivity index (χ0v) is 7.09. The molecule has 0 spiro atoms. The Balaban J connectivity index is 2.08. The topological polar surface area (TPSA) is 40.1 Å². The minimum atomic E-state index is -0.849. The van der Waals surface area contributed by atoms with Gasteiger partial charge >= 0.3 is 0 Å². The molecule has 2 nitrogen and oxygen atoms in total. The largest absolute Gasteiger partial charge is 0.550 e. The first-order valence-electron chi connectivity index (χ1n) is 4.07. The number of aliphatic carboxylic acids is 1. The predicted octanol–water partition coefficient (Wildman–Crippen LogP) is 0.0808. The van der Waals surface area contributed by atoms with Crippen molar-refractivity contribution in [1.29, 1.82) is 0 Å². The van der Waals surface area contributed by atoms with Gasteiger partial charge in [0.05, 0.1) is 0 Å². The predicted molar refractivity (Wildman–Crippen MR) is 42.1 cm³/mol. The average molecular weight is 171 g/mol. The first-order chi connectivity index (χ1) is 5.18. The molecule has 2 aliphatic rings. The average Bonchev–Trinajstić information content (AvgIpc) is 2.43. The molecule has 0 radical (unpaired) electrons. The van der Waals surface area contributed by atoms with Gasteiger partial charge in [-0.1, -0.05) is 0 Å². The van der Waals surface area contributed by atoms with Crippen LogP contribution in [0.3, 0.4) is 0 Å². The molecule has 4 atom stereocenters. The highest BCUT2D eigenvalue weighted by Gasteiger charge is 2.44. The van der Waals surface area contributed by atoms with Crippen LogP contribution in [0.2, 0.25) is 0 Å². The standard InChI is InChI=1S/C8H12O2S/c9-8(10)6-2-5-1-4(6)3-7(5)11/h4-7,11H,1-3H2,(H,9,10)/p-1. The van der Waals surface area contributed by atoms with Crippen LogP contribution in [0, 0.1) is 17.8 Å². The molecule has 2 bridgehead atoms. The fourth-order valence-corrected chi connectivity index (χ4v) is 3.05. The van der Waals surface area contributed by atoms with Gasteiger partial charge in [0, 0.05) is 17.1 Å². The number of carboxylic acids is 1. The highest BCUT2D eigenvalue weighted by Crippen LogP contribution is 2.50. The third-order valence-corrected chi connectivity index (χ3v) is 3.75. The second-order valence-corrected chi connectivity index (χ2v) is 4.38. The van der Waals surface area contributed by atoms with Gasteiger partial charge in [-0.05, 0) is 31.1 Å². The van der Waals surface area contributed by atoms with Gasteiger partial charge in [-0.2, -0.15) is 12.6 Å². The minimum Gasteiger partial charge on any atom is -0.550 e. The van der Waals surface area contributed by atoms with Crippen molar-refractivity contribution >= 4 is 18.6 Å². The summed E-state index contributed by atoms with van der Waals surface area (Å²) in [5.41, 5.74) is 0. The van der Waals surface area contributed by atoms with Gasteiger partial charge in [-0.25, -0.2) is 0 Å². The van der Waals surface area contributed by atoms with Crippen LogP contribution >= 0.6 is 12.6 Å². The maximum absolute atomic E-state index is 10.6. The number of rotatable bonds is 1. The van der Waals surface area contributed by atoms with E-state index >= 15 is 0 Å². The van der Waals surface area contributed by atoms with Crippen LogP contribution in [0.5, 0.6) is 0 Å². The Kier molecular flexibility index (Phi) is 1.63. The molecule has 2 aliphatic carbocycles. The highest BCUT2D eigenvalue weighted by atomic mass is 32.1. The zero-order valence-electron chi connectivity index (χ0n) is 6.19. The smallest absolute Gasteiger partial charge is 0.0448 e. The fourth-order valence-electron chi connectivity index (χ4n) is 2.53. The van der Waals surface area contributed by atoms with Crippen molar-refractivity contribution in [3.63, 3.8) is 0 Å². The number of carbonyl (C=O) groups excluding carboxylic acids is 1. The van der Waals surface area contributed by atoms with Crippen LogP contribution in [-0.4, -0.2) is 11.2 Å². The first-order valence-corrected chi connectivity index (χ1v) is 4.59. The summed E-state index contributed by atoms with van der Waals surface area (Å²) in [7, 11) is 0. The number of hydrogen-bond donors (Lipinski definition) is 1. The summed E-state index contributed by atoms with van der Waals surface area (Å²) >= 11 is 4.39. The van der Waals surface area contributed by atoms with Crippen molar-refractivity contribution in [3.05, 3.63) is 0 Å². The molecule has 3 heteroatoms. The summed E-state index contributed by atoms with van der Waals surface area (Å²) in [6.07, 6.45) is 2.85. The molecule has 62 valence electrons. The molecule has 0 saturated heterocycles. The van der Waals surface area contributed by atoms with Gasteiger partial charge in [0.15, 0.2) is 0 Å². The molecule has 0 amide bonds. The zero-order chi connectivity index (χ0) is 8.01. The van der Waals surface area contributed by atoms with E-state index in [1.807, 2.05) is 0 Å². The van der Waals surface area contributed by atoms with Gasteiger partial charge in [-0.3, -0.25) is 0 Å². The monoisotopic (exact) mass is 171 g/mol. The van der Waals surface area contributed by atoms with Gasteiger partial charge in [0.2, 0.25) is 0 Å². The molecular formula is C8H11O2S-. The molecule has 2 saturated carbocycles. The lowest BCUT2D eigenvalue weighted by molar-refractivity contribution is -0.313. The summed E-state index contributed by atoms with van der Waals surface area (Å²) in [5.74, 6) is -0.0973. The molecule has 0 aromatic heterocycles. The van der Waals surface area contributed by atoms with Crippen molar-refractivity contribution in [2.24, 2.45) is 17.8 Å². The van der Waals surface area contributed by atoms with Crippen molar-refractivity contribution in [1.82, 2.24) is 0 Å². The van der Waals surface area contributed by atoms with E-state index in [1.54, 1.807) is 0 Å². The van der Waals surface area contributed by atoms with Crippen LogP contribution in [0.25, 0.3) is 0 Å². The van der Waals surface area contributed by atoms with Gasteiger partial charge in [0.25, 0.3) is 0 Å². The molecule has 0 N–H and O–H groups in total. The van der Waals surface area contributed by atoms with Gasteiger partial charge in [-0.15, -0.1) is 0 Å². The molecule has 2 fully saturated rings. The summed E-state index contributed by atoms with van der Waals surface area (Å²) in [5, 5.41) is 11.0. The third kappa shape index (κ3) is 1.06. The highest BCUT2D eigenvalue weighted by molar-refractivity contribution is 7.81. The maximum atomic E-state index is 10.6. The second kappa shape index (κ2) is 2.41. The van der Waals surface area contributed by atoms with Crippen molar-refractivity contribution in [3.8, 4) is 0 Å². The Morgan fingerprint density at radius 2 is 2.00 bits per heavy atom. The summed E-state index contributed by atoms with van der Waals surface area (Å²) in [6.45, 7) is 0. The molecule has 11 heavy (non-hydrogen) atoms. The van der Waals surface area contributed by atoms with Crippen LogP contribution in [0.4, 0.5) is 0 Å². The number of carbonyl (C=O) groups is 1. The van der Waals surface area contributed by atoms with E-state index in [9.17, 15) is 9.90 Å². The molecule has 4 unspecified atom stereocenters. The fraction of sp³-hybridized carbons (Fsp3) is 0.875. The van der Waals surface area contributed by atoms with Crippen LogP contribution < -0.4 is 5.11 Å². The Hall–Kier alpha value is -0.180. The third-order valence-electron chi connectivity index (χ3n) is 3.12. The Morgan fingerprint density at radius 1 is 1.27 bits per heavy atom. The van der Waals surface area contributed by atoms with Crippen LogP contribution in [-0.2, 0) is 4.79 Å². The normalized spacial score (nSPS) is 48.1. The van der Waals surface area contributed by atoms with E-state index in [0.29, 0.717) is 17.1 Å².